The Morgan fingerprint density at radius 2 is 1.95 bits per heavy atom. The van der Waals surface area contributed by atoms with Crippen molar-refractivity contribution in [1.29, 1.82) is 0 Å². The molecule has 5 aliphatic rings. The zero-order valence-electron chi connectivity index (χ0n) is 21.9. The average Bonchev–Trinajstić information content (AvgIpc) is 3.67. The maximum absolute atomic E-state index is 13.2. The Morgan fingerprint density at radius 1 is 1.20 bits per heavy atom. The quantitative estimate of drug-likeness (QED) is 0.451. The van der Waals surface area contributed by atoms with Crippen LogP contribution in [-0.2, 0) is 22.8 Å². The fourth-order valence-electron chi connectivity index (χ4n) is 7.44. The van der Waals surface area contributed by atoms with E-state index >= 15 is 0 Å². The molecule has 1 saturated carbocycles. The van der Waals surface area contributed by atoms with Crippen molar-refractivity contribution in [2.45, 2.75) is 61.1 Å². The number of benzene rings is 2. The van der Waals surface area contributed by atoms with Gasteiger partial charge in [0.1, 0.15) is 11.7 Å². The topological polar surface area (TPSA) is 73.2 Å². The smallest absolute Gasteiger partial charge is 0.416 e. The second-order valence-corrected chi connectivity index (χ2v) is 11.8. The van der Waals surface area contributed by atoms with Crippen molar-refractivity contribution in [2.75, 3.05) is 20.1 Å². The average molecular weight is 551 g/mol. The van der Waals surface area contributed by atoms with Crippen molar-refractivity contribution >= 4 is 5.91 Å². The van der Waals surface area contributed by atoms with Gasteiger partial charge in [-0.2, -0.15) is 13.2 Å². The lowest BCUT2D eigenvalue weighted by Crippen LogP contribution is -2.76. The Bertz CT molecular complexity index is 1490. The van der Waals surface area contributed by atoms with Crippen molar-refractivity contribution in [3.8, 4) is 23.3 Å². The van der Waals surface area contributed by atoms with Crippen LogP contribution in [0.3, 0.4) is 0 Å². The number of rotatable bonds is 3. The van der Waals surface area contributed by atoms with Gasteiger partial charge in [0.15, 0.2) is 11.5 Å². The number of piperidine rings is 1. The van der Waals surface area contributed by atoms with Gasteiger partial charge in [0.05, 0.1) is 17.0 Å². The summed E-state index contributed by atoms with van der Waals surface area (Å²) in [6.07, 6.45) is 2.23. The van der Waals surface area contributed by atoms with E-state index in [2.05, 4.69) is 16.7 Å². The van der Waals surface area contributed by atoms with Crippen molar-refractivity contribution in [2.24, 2.45) is 5.92 Å². The lowest BCUT2D eigenvalue weighted by atomic mass is 9.50. The molecule has 5 atom stereocenters. The number of hydrogen-bond acceptors (Lipinski definition) is 5. The number of aliphatic hydroxyl groups is 1. The number of halogens is 3. The molecular formula is C31H29F3N2O4. The molecule has 1 spiro atoms. The number of likely N-dealkylation sites (tertiary alicyclic amines) is 1. The van der Waals surface area contributed by atoms with Crippen molar-refractivity contribution in [3.63, 3.8) is 0 Å². The molecular weight excluding hydrogens is 521 g/mol. The molecule has 2 aromatic rings. The SMILES string of the molecule is CN(C(=O)C#Cc1ccc(C(F)(F)F)cc1)[C@H]1C=C[C@@]2(O)[C@H]3Cc4ccc(O)c5c4[C@@]2(CCN3CC2CC2)[C@H]1O5. The van der Waals surface area contributed by atoms with Gasteiger partial charge in [0.2, 0.25) is 0 Å². The summed E-state index contributed by atoms with van der Waals surface area (Å²) in [5.74, 6) is 5.74. The van der Waals surface area contributed by atoms with Crippen LogP contribution in [0, 0.1) is 17.8 Å². The Hall–Kier alpha value is -3.48. The lowest BCUT2D eigenvalue weighted by Gasteiger charge is -2.62. The summed E-state index contributed by atoms with van der Waals surface area (Å²) in [5, 5.41) is 23.2. The fourth-order valence-corrected chi connectivity index (χ4v) is 7.44. The van der Waals surface area contributed by atoms with Crippen molar-refractivity contribution in [1.82, 2.24) is 9.80 Å². The number of carbonyl (C=O) groups excluding carboxylic acids is 1. The van der Waals surface area contributed by atoms with Gasteiger partial charge in [-0.25, -0.2) is 0 Å². The molecule has 0 aromatic heterocycles. The first kappa shape index (κ1) is 25.5. The molecule has 0 radical (unpaired) electrons. The highest BCUT2D eigenvalue weighted by Gasteiger charge is 2.72. The van der Waals surface area contributed by atoms with Gasteiger partial charge in [0, 0.05) is 36.7 Å². The van der Waals surface area contributed by atoms with Gasteiger partial charge < -0.3 is 19.8 Å². The standard InChI is InChI=1S/C31H29F3N2O4/c1-35(25(38)11-6-18-4-8-21(9-5-18)31(32,33)34)22-12-13-30(39)24-16-20-7-10-23(37)27-26(20)29(30,28(22)40-27)14-15-36(24)17-19-2-3-19/h4-5,7-10,12-13,19,22,24,28,37,39H,2-3,14-17H2,1H3/t22-,24+,28-,29-,30+/m0/s1. The van der Waals surface area contributed by atoms with Crippen molar-refractivity contribution < 1.29 is 32.9 Å². The van der Waals surface area contributed by atoms with E-state index in [1.54, 1.807) is 13.1 Å². The zero-order chi connectivity index (χ0) is 28.0. The summed E-state index contributed by atoms with van der Waals surface area (Å²) >= 11 is 0. The summed E-state index contributed by atoms with van der Waals surface area (Å²) in [7, 11) is 1.61. The van der Waals surface area contributed by atoms with E-state index in [0.29, 0.717) is 30.1 Å². The van der Waals surface area contributed by atoms with Crippen molar-refractivity contribution in [3.05, 3.63) is 70.8 Å². The number of phenolic OH excluding ortho intramolecular Hbond substituents is 1. The fraction of sp³-hybridized carbons (Fsp3) is 0.452. The molecule has 2 aliphatic heterocycles. The van der Waals surface area contributed by atoms with E-state index < -0.39 is 40.8 Å². The Morgan fingerprint density at radius 3 is 2.65 bits per heavy atom. The second kappa shape index (κ2) is 8.51. The van der Waals surface area contributed by atoms with Crippen LogP contribution in [0.1, 0.15) is 41.5 Å². The molecule has 2 fully saturated rings. The van der Waals surface area contributed by atoms with Crippen LogP contribution in [0.5, 0.6) is 11.5 Å². The van der Waals surface area contributed by atoms with Crippen LogP contribution >= 0.6 is 0 Å². The van der Waals surface area contributed by atoms with Crippen LogP contribution in [0.4, 0.5) is 13.2 Å². The lowest BCUT2D eigenvalue weighted by molar-refractivity contribution is -0.154. The Balaban J connectivity index is 1.23. The predicted molar refractivity (Wildman–Crippen MR) is 140 cm³/mol. The van der Waals surface area contributed by atoms with E-state index in [1.807, 2.05) is 18.2 Å². The maximum atomic E-state index is 13.2. The molecule has 3 aliphatic carbocycles. The molecule has 9 heteroatoms. The number of phenols is 1. The first-order valence-electron chi connectivity index (χ1n) is 13.7. The number of carbonyl (C=O) groups is 1. The highest BCUT2D eigenvalue weighted by atomic mass is 19.4. The molecule has 2 heterocycles. The molecule has 7 rings (SSSR count). The van der Waals surface area contributed by atoms with E-state index in [1.165, 1.54) is 29.9 Å². The first-order valence-corrected chi connectivity index (χ1v) is 13.7. The van der Waals surface area contributed by atoms with Gasteiger partial charge in [-0.1, -0.05) is 24.1 Å². The normalized spacial score (nSPS) is 31.6. The van der Waals surface area contributed by atoms with Crippen LogP contribution in [0.15, 0.2) is 48.6 Å². The van der Waals surface area contributed by atoms with Crippen LogP contribution in [0.2, 0.25) is 0 Å². The monoisotopic (exact) mass is 550 g/mol. The van der Waals surface area contributed by atoms with Gasteiger partial charge in [-0.3, -0.25) is 9.69 Å². The molecule has 2 N–H and O–H groups in total. The largest absolute Gasteiger partial charge is 0.504 e. The maximum Gasteiger partial charge on any atom is 0.416 e. The summed E-state index contributed by atoms with van der Waals surface area (Å²) in [6, 6.07) is 7.18. The third-order valence-corrected chi connectivity index (χ3v) is 9.61. The first-order chi connectivity index (χ1) is 19.0. The van der Waals surface area contributed by atoms with Gasteiger partial charge in [0.25, 0.3) is 5.91 Å². The molecule has 0 unspecified atom stereocenters. The summed E-state index contributed by atoms with van der Waals surface area (Å²) in [6.45, 7) is 1.73. The summed E-state index contributed by atoms with van der Waals surface area (Å²) in [4.78, 5) is 17.1. The van der Waals surface area contributed by atoms with E-state index in [-0.39, 0.29) is 11.8 Å². The number of alkyl halides is 3. The number of amides is 1. The number of ether oxygens (including phenoxy) is 1. The highest BCUT2D eigenvalue weighted by Crippen LogP contribution is 2.64. The van der Waals surface area contributed by atoms with Crippen LogP contribution < -0.4 is 4.74 Å². The summed E-state index contributed by atoms with van der Waals surface area (Å²) in [5.41, 5.74) is -0.671. The third kappa shape index (κ3) is 3.55. The number of hydrogen-bond donors (Lipinski definition) is 2. The van der Waals surface area contributed by atoms with E-state index in [0.717, 1.165) is 36.3 Å². The molecule has 1 amide bonds. The Kier molecular flexibility index (Phi) is 5.42. The summed E-state index contributed by atoms with van der Waals surface area (Å²) < 4.78 is 45.1. The molecule has 208 valence electrons. The third-order valence-electron chi connectivity index (χ3n) is 9.61. The Labute approximate surface area is 230 Å². The van der Waals surface area contributed by atoms with Crippen LogP contribution in [0.25, 0.3) is 0 Å². The van der Waals surface area contributed by atoms with Gasteiger partial charge in [-0.05, 0) is 74.0 Å². The van der Waals surface area contributed by atoms with Gasteiger partial charge >= 0.3 is 6.18 Å². The van der Waals surface area contributed by atoms with Crippen LogP contribution in [-0.4, -0.2) is 69.8 Å². The molecule has 6 nitrogen and oxygen atoms in total. The van der Waals surface area contributed by atoms with E-state index in [9.17, 15) is 28.2 Å². The second-order valence-electron chi connectivity index (χ2n) is 11.8. The van der Waals surface area contributed by atoms with E-state index in [4.69, 9.17) is 4.74 Å². The molecule has 2 aromatic carbocycles. The van der Waals surface area contributed by atoms with Gasteiger partial charge in [-0.15, -0.1) is 0 Å². The number of aromatic hydroxyl groups is 1. The molecule has 40 heavy (non-hydrogen) atoms. The highest BCUT2D eigenvalue weighted by molar-refractivity contribution is 5.94. The molecule has 2 bridgehead atoms. The minimum absolute atomic E-state index is 0.0126. The number of likely N-dealkylation sites (N-methyl/N-ethyl adjacent to an activating group) is 1. The predicted octanol–water partition coefficient (Wildman–Crippen LogP) is 3.63. The number of nitrogens with zero attached hydrogens (tertiary/aromatic N) is 2. The minimum atomic E-state index is -4.45. The zero-order valence-corrected chi connectivity index (χ0v) is 21.9. The molecule has 1 saturated heterocycles. The minimum Gasteiger partial charge on any atom is -0.504 e.